The minimum Gasteiger partial charge on any atom is -0.354 e. The minimum absolute atomic E-state index is 0.0320. The number of benzene rings is 1. The van der Waals surface area contributed by atoms with Crippen LogP contribution in [0, 0.1) is 6.92 Å². The second-order valence-electron chi connectivity index (χ2n) is 7.19. The van der Waals surface area contributed by atoms with Gasteiger partial charge in [0.1, 0.15) is 0 Å². The van der Waals surface area contributed by atoms with Gasteiger partial charge in [-0.3, -0.25) is 9.59 Å². The van der Waals surface area contributed by atoms with E-state index in [1.54, 1.807) is 0 Å². The number of hydrogen-bond acceptors (Lipinski definition) is 2. The first-order valence-electron chi connectivity index (χ1n) is 9.26. The van der Waals surface area contributed by atoms with Crippen molar-refractivity contribution in [1.82, 2.24) is 14.8 Å². The van der Waals surface area contributed by atoms with Gasteiger partial charge in [-0.2, -0.15) is 0 Å². The van der Waals surface area contributed by atoms with Crippen molar-refractivity contribution >= 4 is 11.8 Å². The van der Waals surface area contributed by atoms with Crippen LogP contribution in [0.5, 0.6) is 0 Å². The Bertz CT molecular complexity index is 794. The first kappa shape index (κ1) is 18.2. The topological polar surface area (TPSA) is 54.3 Å². The zero-order valence-electron chi connectivity index (χ0n) is 15.7. The van der Waals surface area contributed by atoms with Gasteiger partial charge < -0.3 is 14.8 Å². The zero-order chi connectivity index (χ0) is 18.7. The summed E-state index contributed by atoms with van der Waals surface area (Å²) < 4.78 is 2.21. The molecule has 0 bridgehead atoms. The SMILES string of the molecule is Cc1ccccc1[C@H]1c2cccn2CCN1C(=O)CCC(=O)NC(C)C. The highest BCUT2D eigenvalue weighted by Crippen LogP contribution is 2.34. The molecule has 1 N–H and O–H groups in total. The highest BCUT2D eigenvalue weighted by Gasteiger charge is 2.32. The van der Waals surface area contributed by atoms with E-state index in [9.17, 15) is 9.59 Å². The van der Waals surface area contributed by atoms with Gasteiger partial charge in [0, 0.05) is 43.9 Å². The van der Waals surface area contributed by atoms with Crippen molar-refractivity contribution in [2.75, 3.05) is 6.54 Å². The summed E-state index contributed by atoms with van der Waals surface area (Å²) in [7, 11) is 0. The normalized spacial score (nSPS) is 16.5. The van der Waals surface area contributed by atoms with Gasteiger partial charge >= 0.3 is 0 Å². The van der Waals surface area contributed by atoms with Crippen molar-refractivity contribution in [3.05, 3.63) is 59.4 Å². The molecule has 2 heterocycles. The van der Waals surface area contributed by atoms with Crippen LogP contribution in [0.15, 0.2) is 42.6 Å². The molecule has 2 aromatic rings. The summed E-state index contributed by atoms with van der Waals surface area (Å²) in [5.74, 6) is -0.0363. The van der Waals surface area contributed by atoms with Crippen molar-refractivity contribution < 1.29 is 9.59 Å². The maximum atomic E-state index is 13.0. The van der Waals surface area contributed by atoms with Gasteiger partial charge in [-0.1, -0.05) is 24.3 Å². The Morgan fingerprint density at radius 3 is 2.62 bits per heavy atom. The molecule has 0 aliphatic carbocycles. The minimum atomic E-state index is -0.0967. The van der Waals surface area contributed by atoms with Crippen LogP contribution in [0.2, 0.25) is 0 Å². The smallest absolute Gasteiger partial charge is 0.223 e. The van der Waals surface area contributed by atoms with Gasteiger partial charge in [0.05, 0.1) is 6.04 Å². The highest BCUT2D eigenvalue weighted by molar-refractivity contribution is 5.84. The van der Waals surface area contributed by atoms with E-state index in [1.807, 2.05) is 36.9 Å². The highest BCUT2D eigenvalue weighted by atomic mass is 16.2. The summed E-state index contributed by atoms with van der Waals surface area (Å²) in [5.41, 5.74) is 3.44. The number of aromatic nitrogens is 1. The maximum Gasteiger partial charge on any atom is 0.223 e. The predicted molar refractivity (Wildman–Crippen MR) is 102 cm³/mol. The van der Waals surface area contributed by atoms with E-state index < -0.39 is 0 Å². The largest absolute Gasteiger partial charge is 0.354 e. The van der Waals surface area contributed by atoms with E-state index in [0.29, 0.717) is 6.54 Å². The third-order valence-corrected chi connectivity index (χ3v) is 4.86. The summed E-state index contributed by atoms with van der Waals surface area (Å²) in [5, 5.41) is 2.85. The number of carbonyl (C=O) groups is 2. The molecular weight excluding hydrogens is 326 g/mol. The van der Waals surface area contributed by atoms with Crippen molar-refractivity contribution in [2.45, 2.75) is 52.2 Å². The molecule has 26 heavy (non-hydrogen) atoms. The second kappa shape index (κ2) is 7.77. The molecule has 138 valence electrons. The molecule has 1 aromatic carbocycles. The second-order valence-corrected chi connectivity index (χ2v) is 7.19. The van der Waals surface area contributed by atoms with Crippen LogP contribution in [0.4, 0.5) is 0 Å². The number of rotatable bonds is 5. The van der Waals surface area contributed by atoms with Crippen LogP contribution < -0.4 is 5.32 Å². The molecule has 5 nitrogen and oxygen atoms in total. The zero-order valence-corrected chi connectivity index (χ0v) is 15.7. The lowest BCUT2D eigenvalue weighted by atomic mass is 9.95. The molecule has 0 spiro atoms. The van der Waals surface area contributed by atoms with Crippen LogP contribution in [0.3, 0.4) is 0 Å². The molecule has 0 fully saturated rings. The van der Waals surface area contributed by atoms with E-state index in [4.69, 9.17) is 0 Å². The molecule has 1 aliphatic heterocycles. The molecule has 1 aliphatic rings. The number of hydrogen-bond donors (Lipinski definition) is 1. The third-order valence-electron chi connectivity index (χ3n) is 4.86. The Morgan fingerprint density at radius 2 is 1.88 bits per heavy atom. The van der Waals surface area contributed by atoms with Crippen LogP contribution in [-0.2, 0) is 16.1 Å². The lowest BCUT2D eigenvalue weighted by Crippen LogP contribution is -2.43. The fraction of sp³-hybridized carbons (Fsp3) is 0.429. The molecule has 0 unspecified atom stereocenters. The van der Waals surface area contributed by atoms with Crippen molar-refractivity contribution in [3.8, 4) is 0 Å². The van der Waals surface area contributed by atoms with Crippen LogP contribution in [0.25, 0.3) is 0 Å². The van der Waals surface area contributed by atoms with Gasteiger partial charge in [0.15, 0.2) is 0 Å². The molecule has 3 rings (SSSR count). The van der Waals surface area contributed by atoms with E-state index >= 15 is 0 Å². The molecule has 0 radical (unpaired) electrons. The van der Waals surface area contributed by atoms with E-state index in [2.05, 4.69) is 41.2 Å². The Hall–Kier alpha value is -2.56. The van der Waals surface area contributed by atoms with Gasteiger partial charge in [0.2, 0.25) is 11.8 Å². The molecule has 0 saturated heterocycles. The van der Waals surface area contributed by atoms with Gasteiger partial charge in [-0.15, -0.1) is 0 Å². The van der Waals surface area contributed by atoms with Crippen molar-refractivity contribution in [3.63, 3.8) is 0 Å². The van der Waals surface area contributed by atoms with Crippen LogP contribution in [0.1, 0.15) is 49.6 Å². The van der Waals surface area contributed by atoms with Crippen molar-refractivity contribution in [2.24, 2.45) is 0 Å². The Labute approximate surface area is 155 Å². The molecule has 2 amide bonds. The van der Waals surface area contributed by atoms with E-state index in [1.165, 1.54) is 5.56 Å². The molecule has 1 aromatic heterocycles. The van der Waals surface area contributed by atoms with Crippen LogP contribution >= 0.6 is 0 Å². The van der Waals surface area contributed by atoms with Crippen LogP contribution in [-0.4, -0.2) is 33.9 Å². The summed E-state index contributed by atoms with van der Waals surface area (Å²) in [6, 6.07) is 12.3. The number of amides is 2. The van der Waals surface area contributed by atoms with Gasteiger partial charge in [-0.05, 0) is 44.0 Å². The lowest BCUT2D eigenvalue weighted by molar-refractivity contribution is -0.136. The summed E-state index contributed by atoms with van der Waals surface area (Å²) >= 11 is 0. The van der Waals surface area contributed by atoms with Crippen molar-refractivity contribution in [1.29, 1.82) is 0 Å². The fourth-order valence-corrected chi connectivity index (χ4v) is 3.63. The first-order valence-corrected chi connectivity index (χ1v) is 9.26. The summed E-state index contributed by atoms with van der Waals surface area (Å²) in [4.78, 5) is 26.8. The summed E-state index contributed by atoms with van der Waals surface area (Å²) in [6.45, 7) is 7.37. The molecule has 1 atom stereocenters. The average molecular weight is 353 g/mol. The predicted octanol–water partition coefficient (Wildman–Crippen LogP) is 3.03. The van der Waals surface area contributed by atoms with Gasteiger partial charge in [0.25, 0.3) is 0 Å². The van der Waals surface area contributed by atoms with E-state index in [-0.39, 0.29) is 36.7 Å². The quantitative estimate of drug-likeness (QED) is 0.898. The van der Waals surface area contributed by atoms with E-state index in [0.717, 1.165) is 17.8 Å². The maximum absolute atomic E-state index is 13.0. The molecule has 5 heteroatoms. The Kier molecular flexibility index (Phi) is 5.45. The third kappa shape index (κ3) is 3.82. The fourth-order valence-electron chi connectivity index (χ4n) is 3.63. The summed E-state index contributed by atoms with van der Waals surface area (Å²) in [6.07, 6.45) is 2.54. The number of carbonyl (C=O) groups excluding carboxylic acids is 2. The number of fused-ring (bicyclic) bond motifs is 1. The standard InChI is InChI=1S/C21H27N3O2/c1-15(2)22-19(25)10-11-20(26)24-14-13-23-12-6-9-18(23)21(24)17-8-5-4-7-16(17)3/h4-9,12,15,21H,10-11,13-14H2,1-3H3,(H,22,25)/t21-/m0/s1. The monoisotopic (exact) mass is 353 g/mol. The Balaban J connectivity index is 1.82. The molecular formula is C21H27N3O2. The number of nitrogens with one attached hydrogen (secondary N) is 1. The molecule has 0 saturated carbocycles. The average Bonchev–Trinajstić information content (AvgIpc) is 3.07. The number of aryl methyl sites for hydroxylation is 1. The number of nitrogens with zero attached hydrogens (tertiary/aromatic N) is 2. The first-order chi connectivity index (χ1) is 12.5. The van der Waals surface area contributed by atoms with Gasteiger partial charge in [-0.25, -0.2) is 0 Å². The Morgan fingerprint density at radius 1 is 1.12 bits per heavy atom. The lowest BCUT2D eigenvalue weighted by Gasteiger charge is -2.38.